The molecule has 0 aromatic heterocycles. The number of aliphatic hydroxyl groups excluding tert-OH is 2. The molecule has 0 radical (unpaired) electrons. The van der Waals surface area contributed by atoms with Crippen molar-refractivity contribution in [1.82, 2.24) is 5.32 Å². The minimum Gasteiger partial charge on any atom is -0.466 e. The van der Waals surface area contributed by atoms with E-state index in [1.165, 1.54) is 238 Å². The van der Waals surface area contributed by atoms with Gasteiger partial charge in [0, 0.05) is 12.8 Å². The number of carbonyl (C=O) groups excluding carboxylic acids is 2. The molecule has 0 aliphatic heterocycles. The summed E-state index contributed by atoms with van der Waals surface area (Å²) in [5.41, 5.74) is 0. The maximum atomic E-state index is 12.5. The van der Waals surface area contributed by atoms with Gasteiger partial charge in [0.2, 0.25) is 5.91 Å². The molecule has 1 amide bonds. The SMILES string of the molecule is CCCCCCCCCCCCCCCCCCCCCCCCC/C=C/C(O)C(CO)NC(=O)CCCCCC/C=C\CCCCOC(=O)CCCCCCCCCCCCCCCCCCC. The first-order chi connectivity index (χ1) is 34.0. The van der Waals surface area contributed by atoms with Gasteiger partial charge in [0.15, 0.2) is 0 Å². The maximum absolute atomic E-state index is 12.5. The lowest BCUT2D eigenvalue weighted by Gasteiger charge is -2.20. The largest absolute Gasteiger partial charge is 0.466 e. The predicted octanol–water partition coefficient (Wildman–Crippen LogP) is 19.4. The second-order valence-corrected chi connectivity index (χ2v) is 21.4. The smallest absolute Gasteiger partial charge is 0.305 e. The first-order valence-corrected chi connectivity index (χ1v) is 31.1. The molecule has 0 spiro atoms. The number of hydrogen-bond donors (Lipinski definition) is 3. The summed E-state index contributed by atoms with van der Waals surface area (Å²) < 4.78 is 5.45. The fourth-order valence-electron chi connectivity index (χ4n) is 9.69. The van der Waals surface area contributed by atoms with E-state index in [2.05, 4.69) is 31.3 Å². The van der Waals surface area contributed by atoms with Crippen molar-refractivity contribution in [3.05, 3.63) is 24.3 Å². The number of carbonyl (C=O) groups is 2. The molecule has 69 heavy (non-hydrogen) atoms. The zero-order valence-corrected chi connectivity index (χ0v) is 46.6. The highest BCUT2D eigenvalue weighted by Crippen LogP contribution is 2.18. The number of nitrogens with one attached hydrogen (secondary N) is 1. The molecule has 3 N–H and O–H groups in total. The standard InChI is InChI=1S/C63H121NO5/c1-3-5-7-9-11-13-15-17-19-21-22-23-24-25-26-27-28-30-31-33-35-39-43-47-51-55-61(66)60(59-65)64-62(67)56-52-48-44-40-37-38-42-46-50-54-58-69-63(68)57-53-49-45-41-36-34-32-29-20-18-16-14-12-10-8-6-4-2/h38,42,51,55,60-61,65-66H,3-37,39-41,43-50,52-54,56-59H2,1-2H3,(H,64,67)/b42-38-,55-51+. The average Bonchev–Trinajstić information content (AvgIpc) is 3.35. The molecule has 0 fully saturated rings. The topological polar surface area (TPSA) is 95.9 Å². The summed E-state index contributed by atoms with van der Waals surface area (Å²) >= 11 is 0. The summed E-state index contributed by atoms with van der Waals surface area (Å²) in [5, 5.41) is 23.2. The first kappa shape index (κ1) is 67.3. The Kier molecular flexibility index (Phi) is 57.5. The third-order valence-corrected chi connectivity index (χ3v) is 14.5. The van der Waals surface area contributed by atoms with Crippen molar-refractivity contribution in [2.24, 2.45) is 0 Å². The van der Waals surface area contributed by atoms with Crippen molar-refractivity contribution in [3.8, 4) is 0 Å². The van der Waals surface area contributed by atoms with Crippen LogP contribution in [-0.4, -0.2) is 47.4 Å². The fraction of sp³-hybridized carbons (Fsp3) is 0.905. The Morgan fingerprint density at radius 1 is 0.391 bits per heavy atom. The monoisotopic (exact) mass is 972 g/mol. The van der Waals surface area contributed by atoms with Gasteiger partial charge in [-0.2, -0.15) is 0 Å². The van der Waals surface area contributed by atoms with Gasteiger partial charge >= 0.3 is 5.97 Å². The van der Waals surface area contributed by atoms with Crippen LogP contribution in [0, 0.1) is 0 Å². The zero-order chi connectivity index (χ0) is 50.0. The number of aliphatic hydroxyl groups is 2. The Hall–Kier alpha value is -1.66. The molecule has 6 nitrogen and oxygen atoms in total. The van der Waals surface area contributed by atoms with Crippen LogP contribution in [0.25, 0.3) is 0 Å². The van der Waals surface area contributed by atoms with E-state index in [9.17, 15) is 19.8 Å². The lowest BCUT2D eigenvalue weighted by molar-refractivity contribution is -0.143. The van der Waals surface area contributed by atoms with Gasteiger partial charge < -0.3 is 20.3 Å². The number of amides is 1. The molecule has 0 bridgehead atoms. The van der Waals surface area contributed by atoms with Crippen molar-refractivity contribution < 1.29 is 24.5 Å². The molecule has 0 rings (SSSR count). The van der Waals surface area contributed by atoms with Crippen LogP contribution in [0.5, 0.6) is 0 Å². The molecule has 0 saturated heterocycles. The third kappa shape index (κ3) is 55.5. The number of allylic oxidation sites excluding steroid dienone is 3. The van der Waals surface area contributed by atoms with E-state index in [1.807, 2.05) is 6.08 Å². The Balaban J connectivity index is 3.51. The van der Waals surface area contributed by atoms with Crippen molar-refractivity contribution >= 4 is 11.9 Å². The molecule has 2 unspecified atom stereocenters. The zero-order valence-electron chi connectivity index (χ0n) is 46.6. The minimum atomic E-state index is -0.867. The van der Waals surface area contributed by atoms with Gasteiger partial charge in [-0.25, -0.2) is 0 Å². The van der Waals surface area contributed by atoms with E-state index >= 15 is 0 Å². The summed E-state index contributed by atoms with van der Waals surface area (Å²) in [6.45, 7) is 4.85. The van der Waals surface area contributed by atoms with E-state index in [1.54, 1.807) is 6.08 Å². The molecule has 0 aromatic rings. The molecule has 408 valence electrons. The van der Waals surface area contributed by atoms with Crippen LogP contribution >= 0.6 is 0 Å². The molecular weight excluding hydrogens is 851 g/mol. The summed E-state index contributed by atoms with van der Waals surface area (Å²) in [6, 6.07) is -0.654. The number of ether oxygens (including phenoxy) is 1. The van der Waals surface area contributed by atoms with Crippen LogP contribution in [0.3, 0.4) is 0 Å². The van der Waals surface area contributed by atoms with Crippen LogP contribution in [0.4, 0.5) is 0 Å². The first-order valence-electron chi connectivity index (χ1n) is 31.1. The molecule has 2 atom stereocenters. The van der Waals surface area contributed by atoms with Crippen molar-refractivity contribution in [2.45, 2.75) is 353 Å². The number of esters is 1. The van der Waals surface area contributed by atoms with Gasteiger partial charge in [-0.1, -0.05) is 295 Å². The Morgan fingerprint density at radius 2 is 0.681 bits per heavy atom. The van der Waals surface area contributed by atoms with Crippen LogP contribution in [0.1, 0.15) is 341 Å². The van der Waals surface area contributed by atoms with Crippen LogP contribution in [0.15, 0.2) is 24.3 Å². The van der Waals surface area contributed by atoms with Gasteiger partial charge in [0.25, 0.3) is 0 Å². The molecule has 0 aliphatic rings. The summed E-state index contributed by atoms with van der Waals surface area (Å²) in [6.07, 6.45) is 72.2. The Bertz CT molecular complexity index is 1080. The highest BCUT2D eigenvalue weighted by molar-refractivity contribution is 5.76. The second-order valence-electron chi connectivity index (χ2n) is 21.4. The summed E-state index contributed by atoms with van der Waals surface area (Å²) in [7, 11) is 0. The predicted molar refractivity (Wildman–Crippen MR) is 301 cm³/mol. The highest BCUT2D eigenvalue weighted by Gasteiger charge is 2.18. The third-order valence-electron chi connectivity index (χ3n) is 14.5. The van der Waals surface area contributed by atoms with E-state index in [0.29, 0.717) is 19.4 Å². The Morgan fingerprint density at radius 3 is 1.03 bits per heavy atom. The van der Waals surface area contributed by atoms with Gasteiger partial charge in [-0.3, -0.25) is 9.59 Å². The molecule has 6 heteroatoms. The van der Waals surface area contributed by atoms with Crippen molar-refractivity contribution in [3.63, 3.8) is 0 Å². The lowest BCUT2D eigenvalue weighted by Crippen LogP contribution is -2.45. The maximum Gasteiger partial charge on any atom is 0.305 e. The van der Waals surface area contributed by atoms with E-state index in [4.69, 9.17) is 4.74 Å². The molecule has 0 saturated carbocycles. The number of rotatable bonds is 58. The second kappa shape index (κ2) is 58.9. The van der Waals surface area contributed by atoms with Crippen molar-refractivity contribution in [2.75, 3.05) is 13.2 Å². The van der Waals surface area contributed by atoms with E-state index in [-0.39, 0.29) is 18.5 Å². The summed E-state index contributed by atoms with van der Waals surface area (Å²) in [4.78, 5) is 24.6. The minimum absolute atomic E-state index is 0.0335. The van der Waals surface area contributed by atoms with Crippen LogP contribution in [-0.2, 0) is 14.3 Å². The van der Waals surface area contributed by atoms with Crippen molar-refractivity contribution in [1.29, 1.82) is 0 Å². The van der Waals surface area contributed by atoms with Crippen LogP contribution < -0.4 is 5.32 Å². The lowest BCUT2D eigenvalue weighted by atomic mass is 10.0. The summed E-state index contributed by atoms with van der Waals surface area (Å²) in [5.74, 6) is -0.133. The van der Waals surface area contributed by atoms with Gasteiger partial charge in [-0.05, 0) is 57.8 Å². The van der Waals surface area contributed by atoms with Gasteiger partial charge in [-0.15, -0.1) is 0 Å². The van der Waals surface area contributed by atoms with Gasteiger partial charge in [0.1, 0.15) is 0 Å². The van der Waals surface area contributed by atoms with Gasteiger partial charge in [0.05, 0.1) is 25.4 Å². The number of unbranched alkanes of at least 4 members (excludes halogenated alkanes) is 45. The normalized spacial score (nSPS) is 12.7. The average molecular weight is 973 g/mol. The van der Waals surface area contributed by atoms with E-state index in [0.717, 1.165) is 77.0 Å². The quantitative estimate of drug-likeness (QED) is 0.0321. The molecule has 0 aliphatic carbocycles. The molecule has 0 heterocycles. The Labute approximate surface area is 431 Å². The molecular formula is C63H121NO5. The fourth-order valence-corrected chi connectivity index (χ4v) is 9.69. The van der Waals surface area contributed by atoms with Crippen LogP contribution in [0.2, 0.25) is 0 Å². The van der Waals surface area contributed by atoms with E-state index < -0.39 is 12.1 Å². The number of hydrogen-bond acceptors (Lipinski definition) is 5. The highest BCUT2D eigenvalue weighted by atomic mass is 16.5. The molecule has 0 aromatic carbocycles.